The summed E-state index contributed by atoms with van der Waals surface area (Å²) in [5.74, 6) is 0. The van der Waals surface area contributed by atoms with Crippen LogP contribution in [0.4, 0.5) is 11.4 Å². The molecular formula is C15H13N4+. The molecule has 0 aliphatic rings. The summed E-state index contributed by atoms with van der Waals surface area (Å²) in [6.45, 7) is 0. The summed E-state index contributed by atoms with van der Waals surface area (Å²) in [6, 6.07) is 17.4. The fourth-order valence-electron chi connectivity index (χ4n) is 1.94. The van der Waals surface area contributed by atoms with E-state index in [2.05, 4.69) is 10.3 Å². The Hall–Kier alpha value is -2.75. The Labute approximate surface area is 110 Å². The maximum atomic E-state index is 5.95. The number of nitrogen functional groups attached to an aromatic ring is 1. The van der Waals surface area contributed by atoms with Crippen LogP contribution in [0, 0.1) is 0 Å². The summed E-state index contributed by atoms with van der Waals surface area (Å²) in [6.07, 6.45) is 3.67. The Morgan fingerprint density at radius 3 is 2.32 bits per heavy atom. The Balaban J connectivity index is 2.07. The van der Waals surface area contributed by atoms with E-state index in [1.165, 1.54) is 0 Å². The van der Waals surface area contributed by atoms with Gasteiger partial charge in [0.15, 0.2) is 0 Å². The minimum atomic E-state index is 0.752. The normalized spacial score (nSPS) is 11.2. The second-order valence-corrected chi connectivity index (χ2v) is 4.16. The maximum absolute atomic E-state index is 5.95. The van der Waals surface area contributed by atoms with Gasteiger partial charge in [-0.1, -0.05) is 24.3 Å². The third-order valence-electron chi connectivity index (χ3n) is 2.89. The third kappa shape index (κ3) is 2.28. The van der Waals surface area contributed by atoms with Gasteiger partial charge in [0.05, 0.1) is 5.11 Å². The molecule has 0 fully saturated rings. The molecule has 2 N–H and O–H groups in total. The van der Waals surface area contributed by atoms with Gasteiger partial charge in [-0.25, -0.2) is 0 Å². The van der Waals surface area contributed by atoms with Gasteiger partial charge in [-0.05, 0) is 30.3 Å². The van der Waals surface area contributed by atoms with Crippen molar-refractivity contribution < 1.29 is 4.68 Å². The van der Waals surface area contributed by atoms with Crippen LogP contribution in [0.25, 0.3) is 10.8 Å². The molecule has 0 amide bonds. The topological polar surface area (TPSA) is 54.6 Å². The lowest BCUT2D eigenvalue weighted by Gasteiger charge is -2.00. The summed E-state index contributed by atoms with van der Waals surface area (Å²) < 4.78 is 1.66. The van der Waals surface area contributed by atoms with Crippen LogP contribution >= 0.6 is 0 Å². The van der Waals surface area contributed by atoms with Gasteiger partial charge in [0, 0.05) is 16.5 Å². The van der Waals surface area contributed by atoms with Gasteiger partial charge in [0.1, 0.15) is 17.6 Å². The van der Waals surface area contributed by atoms with Crippen molar-refractivity contribution in [2.75, 3.05) is 5.73 Å². The van der Waals surface area contributed by atoms with E-state index in [1.54, 1.807) is 4.68 Å². The molecule has 1 aromatic heterocycles. The molecule has 0 atom stereocenters. The van der Waals surface area contributed by atoms with Crippen LogP contribution in [-0.2, 0) is 0 Å². The standard InChI is InChI=1S/C15H13N4/c16-14-8-9-15(13-7-3-2-6-12(13)14)17-18-19-10-4-1-5-11-19/h1-11H,16H2/q+1. The molecule has 4 nitrogen and oxygen atoms in total. The third-order valence-corrected chi connectivity index (χ3v) is 2.89. The average molecular weight is 249 g/mol. The average Bonchev–Trinajstić information content (AvgIpc) is 2.48. The van der Waals surface area contributed by atoms with E-state index in [-0.39, 0.29) is 0 Å². The Morgan fingerprint density at radius 1 is 0.789 bits per heavy atom. The predicted octanol–water partition coefficient (Wildman–Crippen LogP) is 3.26. The quantitative estimate of drug-likeness (QED) is 0.423. The minimum Gasteiger partial charge on any atom is -0.398 e. The van der Waals surface area contributed by atoms with Gasteiger partial charge in [-0.3, -0.25) is 0 Å². The second-order valence-electron chi connectivity index (χ2n) is 4.16. The Morgan fingerprint density at radius 2 is 1.53 bits per heavy atom. The van der Waals surface area contributed by atoms with E-state index in [9.17, 15) is 0 Å². The van der Waals surface area contributed by atoms with Crippen molar-refractivity contribution in [3.63, 3.8) is 0 Å². The van der Waals surface area contributed by atoms with Gasteiger partial charge in [0.2, 0.25) is 5.69 Å². The van der Waals surface area contributed by atoms with E-state index in [4.69, 9.17) is 5.73 Å². The van der Waals surface area contributed by atoms with Crippen LogP contribution in [0.2, 0.25) is 0 Å². The number of fused-ring (bicyclic) bond motifs is 1. The summed E-state index contributed by atoms with van der Waals surface area (Å²) in [7, 11) is 0. The molecular weight excluding hydrogens is 236 g/mol. The van der Waals surface area contributed by atoms with Crippen LogP contribution in [0.1, 0.15) is 0 Å². The van der Waals surface area contributed by atoms with E-state index >= 15 is 0 Å². The highest BCUT2D eigenvalue weighted by Gasteiger charge is 2.07. The monoisotopic (exact) mass is 249 g/mol. The first-order valence-electron chi connectivity index (χ1n) is 6.00. The van der Waals surface area contributed by atoms with Crippen molar-refractivity contribution in [1.82, 2.24) is 0 Å². The molecule has 0 aliphatic heterocycles. The molecule has 0 radical (unpaired) electrons. The van der Waals surface area contributed by atoms with Gasteiger partial charge >= 0.3 is 0 Å². The highest BCUT2D eigenvalue weighted by molar-refractivity contribution is 5.99. The number of aromatic nitrogens is 1. The zero-order valence-electron chi connectivity index (χ0n) is 10.3. The number of hydrogen-bond acceptors (Lipinski definition) is 3. The molecule has 0 spiro atoms. The molecule has 3 rings (SSSR count). The van der Waals surface area contributed by atoms with E-state index in [0.29, 0.717) is 0 Å². The van der Waals surface area contributed by atoms with Crippen molar-refractivity contribution in [3.05, 3.63) is 67.0 Å². The molecule has 0 saturated heterocycles. The number of benzene rings is 2. The zero-order valence-corrected chi connectivity index (χ0v) is 10.3. The lowest BCUT2D eigenvalue weighted by molar-refractivity contribution is -0.685. The Kier molecular flexibility index (Phi) is 2.90. The summed E-state index contributed by atoms with van der Waals surface area (Å²) in [4.78, 5) is 0. The first kappa shape index (κ1) is 11.3. The number of hydrogen-bond donors (Lipinski definition) is 1. The summed E-state index contributed by atoms with van der Waals surface area (Å²) >= 11 is 0. The lowest BCUT2D eigenvalue weighted by atomic mass is 10.1. The van der Waals surface area contributed by atoms with Gasteiger partial charge in [-0.2, -0.15) is 0 Å². The highest BCUT2D eigenvalue weighted by atomic mass is 15.4. The van der Waals surface area contributed by atoms with E-state index in [1.807, 2.05) is 67.0 Å². The van der Waals surface area contributed by atoms with Crippen molar-refractivity contribution in [3.8, 4) is 0 Å². The lowest BCUT2D eigenvalue weighted by Crippen LogP contribution is -2.24. The number of pyridine rings is 1. The van der Waals surface area contributed by atoms with Crippen LogP contribution in [0.5, 0.6) is 0 Å². The van der Waals surface area contributed by atoms with E-state index < -0.39 is 0 Å². The molecule has 4 heteroatoms. The second kappa shape index (κ2) is 4.86. The first-order valence-corrected chi connectivity index (χ1v) is 6.00. The summed E-state index contributed by atoms with van der Waals surface area (Å²) in [5.41, 5.74) is 7.51. The van der Waals surface area contributed by atoms with Crippen molar-refractivity contribution in [2.45, 2.75) is 0 Å². The van der Waals surface area contributed by atoms with Crippen molar-refractivity contribution >= 4 is 22.1 Å². The van der Waals surface area contributed by atoms with Crippen LogP contribution in [0.3, 0.4) is 0 Å². The minimum absolute atomic E-state index is 0.752. The van der Waals surface area contributed by atoms with Crippen LogP contribution in [0.15, 0.2) is 77.3 Å². The molecule has 0 unspecified atom stereocenters. The zero-order chi connectivity index (χ0) is 13.1. The van der Waals surface area contributed by atoms with Crippen LogP contribution in [-0.4, -0.2) is 0 Å². The SMILES string of the molecule is Nc1ccc(N=N[n+]2ccccc2)c2ccccc12. The first-order chi connectivity index (χ1) is 9.34. The van der Waals surface area contributed by atoms with Gasteiger partial charge in [0.25, 0.3) is 0 Å². The molecule has 19 heavy (non-hydrogen) atoms. The molecule has 92 valence electrons. The highest BCUT2D eigenvalue weighted by Crippen LogP contribution is 2.29. The molecule has 0 bridgehead atoms. The smallest absolute Gasteiger partial charge is 0.211 e. The molecule has 3 aromatic rings. The molecule has 1 heterocycles. The van der Waals surface area contributed by atoms with E-state index in [0.717, 1.165) is 22.1 Å². The maximum Gasteiger partial charge on any atom is 0.211 e. The fourth-order valence-corrected chi connectivity index (χ4v) is 1.94. The van der Waals surface area contributed by atoms with Crippen molar-refractivity contribution in [1.29, 1.82) is 0 Å². The molecule has 2 aromatic carbocycles. The van der Waals surface area contributed by atoms with Crippen molar-refractivity contribution in [2.24, 2.45) is 10.3 Å². The van der Waals surface area contributed by atoms with Crippen LogP contribution < -0.4 is 10.4 Å². The number of nitrogens with zero attached hydrogens (tertiary/aromatic N) is 3. The van der Waals surface area contributed by atoms with Gasteiger partial charge in [-0.15, -0.1) is 4.68 Å². The fraction of sp³-hybridized carbons (Fsp3) is 0. The number of anilines is 1. The molecule has 0 saturated carbocycles. The van der Waals surface area contributed by atoms with Gasteiger partial charge < -0.3 is 5.73 Å². The largest absolute Gasteiger partial charge is 0.398 e. The predicted molar refractivity (Wildman–Crippen MR) is 74.9 cm³/mol. The number of nitrogens with two attached hydrogens (primary N) is 1. The Bertz CT molecular complexity index is 735. The summed E-state index contributed by atoms with van der Waals surface area (Å²) in [5, 5.41) is 10.4. The number of rotatable bonds is 2. The molecule has 0 aliphatic carbocycles.